The molecule has 140 valence electrons. The van der Waals surface area contributed by atoms with Crippen LogP contribution in [0.15, 0.2) is 4.99 Å². The van der Waals surface area contributed by atoms with E-state index < -0.39 is 5.60 Å². The largest absolute Gasteiger partial charge is 0.444 e. The molecule has 1 saturated heterocycles. The molecule has 1 fully saturated rings. The zero-order chi connectivity index (χ0) is 18.2. The van der Waals surface area contributed by atoms with E-state index in [1.807, 2.05) is 27.7 Å². The predicted molar refractivity (Wildman–Crippen MR) is 98.2 cm³/mol. The van der Waals surface area contributed by atoms with Crippen molar-refractivity contribution >= 4 is 12.1 Å². The summed E-state index contributed by atoms with van der Waals surface area (Å²) in [6, 6.07) is 0.504. The van der Waals surface area contributed by atoms with E-state index >= 15 is 0 Å². The molecular weight excluding hydrogens is 306 g/mol. The smallest absolute Gasteiger partial charge is 0.410 e. The molecule has 1 aliphatic heterocycles. The molecule has 0 radical (unpaired) electrons. The maximum absolute atomic E-state index is 12.0. The summed E-state index contributed by atoms with van der Waals surface area (Å²) in [7, 11) is 0. The number of nitrogens with zero attached hydrogens (tertiary/aromatic N) is 3. The Morgan fingerprint density at radius 1 is 1.42 bits per heavy atom. The van der Waals surface area contributed by atoms with Crippen LogP contribution in [0.2, 0.25) is 0 Å². The van der Waals surface area contributed by atoms with Gasteiger partial charge in [0, 0.05) is 25.7 Å². The molecule has 7 nitrogen and oxygen atoms in total. The summed E-state index contributed by atoms with van der Waals surface area (Å²) >= 11 is 0. The molecule has 1 aliphatic rings. The van der Waals surface area contributed by atoms with Crippen LogP contribution >= 0.6 is 0 Å². The number of nitrogens with one attached hydrogen (secondary N) is 1. The fraction of sp³-hybridized carbons (Fsp3) is 0.882. The third kappa shape index (κ3) is 7.38. The van der Waals surface area contributed by atoms with Crippen molar-refractivity contribution in [2.75, 3.05) is 39.3 Å². The number of ether oxygens (including phenoxy) is 1. The van der Waals surface area contributed by atoms with Crippen molar-refractivity contribution in [2.24, 2.45) is 10.7 Å². The molecule has 0 aliphatic carbocycles. The van der Waals surface area contributed by atoms with E-state index in [9.17, 15) is 4.79 Å². The first kappa shape index (κ1) is 20.5. The molecule has 1 unspecified atom stereocenters. The summed E-state index contributed by atoms with van der Waals surface area (Å²) in [4.78, 5) is 20.6. The third-order valence-electron chi connectivity index (χ3n) is 4.10. The lowest BCUT2D eigenvalue weighted by molar-refractivity contribution is 0.0264. The third-order valence-corrected chi connectivity index (χ3v) is 4.10. The number of nitrogens with two attached hydrogens (primary N) is 1. The minimum absolute atomic E-state index is 0.299. The first-order chi connectivity index (χ1) is 11.3. The number of aliphatic imine (C=N–C) groups is 1. The van der Waals surface area contributed by atoms with Crippen molar-refractivity contribution in [3.63, 3.8) is 0 Å². The average Bonchev–Trinajstić information content (AvgIpc) is 2.95. The Kier molecular flexibility index (Phi) is 8.31. The van der Waals surface area contributed by atoms with Crippen molar-refractivity contribution in [1.29, 1.82) is 0 Å². The Labute approximate surface area is 146 Å². The fourth-order valence-corrected chi connectivity index (χ4v) is 2.80. The monoisotopic (exact) mass is 341 g/mol. The summed E-state index contributed by atoms with van der Waals surface area (Å²) < 4.78 is 5.38. The van der Waals surface area contributed by atoms with Gasteiger partial charge >= 0.3 is 6.09 Å². The molecule has 1 heterocycles. The topological polar surface area (TPSA) is 83.2 Å². The molecule has 1 amide bonds. The van der Waals surface area contributed by atoms with Crippen LogP contribution in [-0.4, -0.2) is 72.8 Å². The van der Waals surface area contributed by atoms with Gasteiger partial charge in [0.1, 0.15) is 5.60 Å². The van der Waals surface area contributed by atoms with Crippen molar-refractivity contribution < 1.29 is 9.53 Å². The van der Waals surface area contributed by atoms with Crippen LogP contribution in [0.1, 0.15) is 47.5 Å². The van der Waals surface area contributed by atoms with Crippen LogP contribution in [0.5, 0.6) is 0 Å². The first-order valence-corrected chi connectivity index (χ1v) is 9.02. The second-order valence-corrected chi connectivity index (χ2v) is 7.14. The Balaban J connectivity index is 2.33. The van der Waals surface area contributed by atoms with E-state index in [4.69, 9.17) is 10.5 Å². The summed E-state index contributed by atoms with van der Waals surface area (Å²) in [6.07, 6.45) is 2.13. The summed E-state index contributed by atoms with van der Waals surface area (Å²) in [6.45, 7) is 14.4. The van der Waals surface area contributed by atoms with Crippen LogP contribution in [0.4, 0.5) is 4.79 Å². The number of carbonyl (C=O) groups is 1. The van der Waals surface area contributed by atoms with Crippen LogP contribution in [0.3, 0.4) is 0 Å². The summed E-state index contributed by atoms with van der Waals surface area (Å²) in [5.41, 5.74) is 5.45. The van der Waals surface area contributed by atoms with Gasteiger partial charge in [-0.2, -0.15) is 0 Å². The number of amides is 1. The average molecular weight is 342 g/mol. The highest BCUT2D eigenvalue weighted by atomic mass is 16.6. The van der Waals surface area contributed by atoms with Crippen LogP contribution < -0.4 is 11.1 Å². The van der Waals surface area contributed by atoms with E-state index in [1.54, 1.807) is 4.90 Å². The first-order valence-electron chi connectivity index (χ1n) is 9.02. The van der Waals surface area contributed by atoms with Crippen LogP contribution in [0.25, 0.3) is 0 Å². The number of guanidine groups is 1. The molecule has 24 heavy (non-hydrogen) atoms. The molecule has 0 spiro atoms. The maximum Gasteiger partial charge on any atom is 0.410 e. The molecule has 0 aromatic rings. The summed E-state index contributed by atoms with van der Waals surface area (Å²) in [5.74, 6) is 0.443. The molecule has 7 heteroatoms. The second-order valence-electron chi connectivity index (χ2n) is 7.14. The van der Waals surface area contributed by atoms with E-state index in [0.717, 1.165) is 19.6 Å². The van der Waals surface area contributed by atoms with Crippen LogP contribution in [-0.2, 0) is 4.74 Å². The van der Waals surface area contributed by atoms with Crippen LogP contribution in [0, 0.1) is 0 Å². The SMILES string of the molecule is CCN(CCNC(N)=NCC1CCCN1CC)C(=O)OC(C)(C)C. The zero-order valence-electron chi connectivity index (χ0n) is 16.0. The lowest BCUT2D eigenvalue weighted by Gasteiger charge is -2.26. The molecule has 0 aromatic heterocycles. The van der Waals surface area contributed by atoms with Gasteiger partial charge in [-0.3, -0.25) is 9.89 Å². The second kappa shape index (κ2) is 9.71. The van der Waals surface area contributed by atoms with Gasteiger partial charge in [-0.05, 0) is 53.6 Å². The molecule has 0 aromatic carbocycles. The predicted octanol–water partition coefficient (Wildman–Crippen LogP) is 1.63. The van der Waals surface area contributed by atoms with Gasteiger partial charge < -0.3 is 20.7 Å². The highest BCUT2D eigenvalue weighted by Gasteiger charge is 2.22. The number of likely N-dealkylation sites (N-methyl/N-ethyl adjacent to an activating group) is 2. The number of hydrogen-bond acceptors (Lipinski definition) is 4. The van der Waals surface area contributed by atoms with Crippen molar-refractivity contribution in [1.82, 2.24) is 15.1 Å². The van der Waals surface area contributed by atoms with Gasteiger partial charge in [0.15, 0.2) is 5.96 Å². The number of carbonyl (C=O) groups excluding carboxylic acids is 1. The Morgan fingerprint density at radius 3 is 2.71 bits per heavy atom. The fourth-order valence-electron chi connectivity index (χ4n) is 2.80. The normalized spacial score (nSPS) is 19.4. The van der Waals surface area contributed by atoms with Crippen molar-refractivity contribution in [3.05, 3.63) is 0 Å². The van der Waals surface area contributed by atoms with Crippen molar-refractivity contribution in [3.8, 4) is 0 Å². The number of likely N-dealkylation sites (tertiary alicyclic amines) is 1. The minimum atomic E-state index is -0.481. The van der Waals surface area contributed by atoms with E-state index in [1.165, 1.54) is 12.8 Å². The van der Waals surface area contributed by atoms with E-state index in [0.29, 0.717) is 31.6 Å². The maximum atomic E-state index is 12.0. The Bertz CT molecular complexity index is 420. The molecule has 0 bridgehead atoms. The Hall–Kier alpha value is -1.50. The minimum Gasteiger partial charge on any atom is -0.444 e. The van der Waals surface area contributed by atoms with E-state index in [2.05, 4.69) is 22.1 Å². The standard InChI is InChI=1S/C17H35N5O2/c1-6-21-11-8-9-14(21)13-20-15(18)19-10-12-22(7-2)16(23)24-17(3,4)5/h14H,6-13H2,1-5H3,(H3,18,19,20). The van der Waals surface area contributed by atoms with Crippen molar-refractivity contribution in [2.45, 2.75) is 59.1 Å². The number of hydrogen-bond donors (Lipinski definition) is 2. The van der Waals surface area contributed by atoms with Gasteiger partial charge in [0.25, 0.3) is 0 Å². The number of rotatable bonds is 7. The molecule has 3 N–H and O–H groups in total. The van der Waals surface area contributed by atoms with Gasteiger partial charge in [-0.25, -0.2) is 4.79 Å². The van der Waals surface area contributed by atoms with Gasteiger partial charge in [-0.1, -0.05) is 6.92 Å². The molecular formula is C17H35N5O2. The lowest BCUT2D eigenvalue weighted by atomic mass is 10.2. The van der Waals surface area contributed by atoms with E-state index in [-0.39, 0.29) is 6.09 Å². The van der Waals surface area contributed by atoms with Gasteiger partial charge in [0.2, 0.25) is 0 Å². The zero-order valence-corrected chi connectivity index (χ0v) is 16.0. The van der Waals surface area contributed by atoms with Gasteiger partial charge in [0.05, 0.1) is 6.54 Å². The molecule has 1 rings (SSSR count). The lowest BCUT2D eigenvalue weighted by Crippen LogP contribution is -2.43. The molecule has 0 saturated carbocycles. The Morgan fingerprint density at radius 2 is 2.12 bits per heavy atom. The summed E-state index contributed by atoms with van der Waals surface area (Å²) in [5, 5.41) is 3.08. The van der Waals surface area contributed by atoms with Gasteiger partial charge in [-0.15, -0.1) is 0 Å². The highest BCUT2D eigenvalue weighted by Crippen LogP contribution is 2.16. The molecule has 1 atom stereocenters. The quantitative estimate of drug-likeness (QED) is 0.543. The highest BCUT2D eigenvalue weighted by molar-refractivity contribution is 5.77.